The summed E-state index contributed by atoms with van der Waals surface area (Å²) in [6.07, 6.45) is 0. The number of benzene rings is 1. The van der Waals surface area contributed by atoms with Crippen LogP contribution in [0.3, 0.4) is 0 Å². The Morgan fingerprint density at radius 2 is 2.10 bits per heavy atom. The van der Waals surface area contributed by atoms with Gasteiger partial charge < -0.3 is 5.32 Å². The van der Waals surface area contributed by atoms with Crippen LogP contribution in [0.1, 0.15) is 11.3 Å². The molecule has 1 N–H and O–H groups in total. The van der Waals surface area contributed by atoms with Gasteiger partial charge in [-0.1, -0.05) is 6.07 Å². The second-order valence-corrected chi connectivity index (χ2v) is 4.33. The highest BCUT2D eigenvalue weighted by Crippen LogP contribution is 2.24. The number of nitrogens with one attached hydrogen (secondary N) is 1. The molecule has 0 saturated heterocycles. The number of hydrogen-bond donors (Lipinski definition) is 1. The van der Waals surface area contributed by atoms with Crippen molar-refractivity contribution in [2.45, 2.75) is 13.5 Å². The summed E-state index contributed by atoms with van der Waals surface area (Å²) in [5, 5.41) is 17.8. The zero-order valence-electron chi connectivity index (χ0n) is 11.2. The fourth-order valence-electron chi connectivity index (χ4n) is 1.88. The number of rotatable bonds is 4. The molecular weight excluding hydrogens is 260 g/mol. The molecule has 1 heterocycles. The van der Waals surface area contributed by atoms with Gasteiger partial charge in [0.1, 0.15) is 5.69 Å². The summed E-state index contributed by atoms with van der Waals surface area (Å²) < 4.78 is 1.33. The van der Waals surface area contributed by atoms with E-state index in [4.69, 9.17) is 0 Å². The lowest BCUT2D eigenvalue weighted by Crippen LogP contribution is -2.23. The quantitative estimate of drug-likeness (QED) is 0.674. The zero-order chi connectivity index (χ0) is 14.7. The van der Waals surface area contributed by atoms with Gasteiger partial charge in [0, 0.05) is 19.2 Å². The summed E-state index contributed by atoms with van der Waals surface area (Å²) in [7, 11) is 1.61. The summed E-state index contributed by atoms with van der Waals surface area (Å²) in [4.78, 5) is 22.1. The van der Waals surface area contributed by atoms with E-state index in [1.165, 1.54) is 16.8 Å². The lowest BCUT2D eigenvalue weighted by atomic mass is 10.1. The third-order valence-corrected chi connectivity index (χ3v) is 2.86. The second-order valence-electron chi connectivity index (χ2n) is 4.33. The molecule has 104 valence electrons. The number of aryl methyl sites for hydroxylation is 1. The molecular formula is C13H14N4O3. The molecule has 0 aliphatic heterocycles. The van der Waals surface area contributed by atoms with Crippen LogP contribution >= 0.6 is 0 Å². The smallest absolute Gasteiger partial charge is 0.292 e. The van der Waals surface area contributed by atoms with Gasteiger partial charge in [0.05, 0.1) is 17.2 Å². The number of nitrogens with zero attached hydrogens (tertiary/aromatic N) is 3. The van der Waals surface area contributed by atoms with E-state index in [1.807, 2.05) is 0 Å². The van der Waals surface area contributed by atoms with Crippen LogP contribution in [0.25, 0.3) is 0 Å². The number of nitro groups is 1. The highest BCUT2D eigenvalue weighted by molar-refractivity contribution is 5.62. The molecule has 0 radical (unpaired) electrons. The van der Waals surface area contributed by atoms with Gasteiger partial charge in [0.15, 0.2) is 0 Å². The van der Waals surface area contributed by atoms with E-state index in [1.54, 1.807) is 32.2 Å². The van der Waals surface area contributed by atoms with Crippen LogP contribution in [0.2, 0.25) is 0 Å². The van der Waals surface area contributed by atoms with Crippen molar-refractivity contribution < 1.29 is 4.92 Å². The van der Waals surface area contributed by atoms with Crippen LogP contribution in [-0.4, -0.2) is 21.8 Å². The van der Waals surface area contributed by atoms with E-state index in [0.717, 1.165) is 11.3 Å². The Bertz CT molecular complexity index is 709. The van der Waals surface area contributed by atoms with Crippen molar-refractivity contribution in [2.75, 3.05) is 12.4 Å². The molecule has 0 amide bonds. The molecule has 1 aromatic carbocycles. The fraction of sp³-hybridized carbons (Fsp3) is 0.231. The van der Waals surface area contributed by atoms with Gasteiger partial charge in [-0.2, -0.15) is 5.10 Å². The van der Waals surface area contributed by atoms with Crippen molar-refractivity contribution in [3.05, 3.63) is 62.1 Å². The number of hydrogen-bond acceptors (Lipinski definition) is 5. The molecule has 0 aliphatic rings. The van der Waals surface area contributed by atoms with Crippen LogP contribution in [0, 0.1) is 17.0 Å². The summed E-state index contributed by atoms with van der Waals surface area (Å²) in [5.41, 5.74) is 1.70. The highest BCUT2D eigenvalue weighted by atomic mass is 16.6. The van der Waals surface area contributed by atoms with Crippen LogP contribution in [0.15, 0.2) is 35.1 Å². The Balaban J connectivity index is 2.37. The van der Waals surface area contributed by atoms with E-state index in [2.05, 4.69) is 10.4 Å². The summed E-state index contributed by atoms with van der Waals surface area (Å²) >= 11 is 0. The third-order valence-electron chi connectivity index (χ3n) is 2.86. The first-order valence-electron chi connectivity index (χ1n) is 6.01. The first-order chi connectivity index (χ1) is 9.51. The maximum absolute atomic E-state index is 11.7. The standard InChI is InChI=1S/C13H14N4O3/c1-9-3-6-13(18)16(15-9)8-10-4-5-12(17(19)20)11(7-10)14-2/h3-7,14H,8H2,1-2H3. The van der Waals surface area contributed by atoms with E-state index >= 15 is 0 Å². The Hall–Kier alpha value is -2.70. The van der Waals surface area contributed by atoms with Crippen molar-refractivity contribution in [1.82, 2.24) is 9.78 Å². The van der Waals surface area contributed by atoms with Gasteiger partial charge >= 0.3 is 0 Å². The van der Waals surface area contributed by atoms with Crippen LogP contribution in [0.5, 0.6) is 0 Å². The Morgan fingerprint density at radius 1 is 1.35 bits per heavy atom. The van der Waals surface area contributed by atoms with Crippen molar-refractivity contribution in [1.29, 1.82) is 0 Å². The molecule has 20 heavy (non-hydrogen) atoms. The van der Waals surface area contributed by atoms with Crippen LogP contribution in [0.4, 0.5) is 11.4 Å². The summed E-state index contributed by atoms with van der Waals surface area (Å²) in [6.45, 7) is 2.07. The summed E-state index contributed by atoms with van der Waals surface area (Å²) in [5.74, 6) is 0. The SMILES string of the molecule is CNc1cc(Cn2nc(C)ccc2=O)ccc1[N+](=O)[O-]. The van der Waals surface area contributed by atoms with Crippen molar-refractivity contribution in [3.8, 4) is 0 Å². The molecule has 0 aliphatic carbocycles. The number of anilines is 1. The average molecular weight is 274 g/mol. The zero-order valence-corrected chi connectivity index (χ0v) is 11.2. The third kappa shape index (κ3) is 2.82. The number of aromatic nitrogens is 2. The first-order valence-corrected chi connectivity index (χ1v) is 6.01. The molecule has 2 rings (SSSR count). The second kappa shape index (κ2) is 5.52. The topological polar surface area (TPSA) is 90.1 Å². The predicted molar refractivity (Wildman–Crippen MR) is 75.0 cm³/mol. The molecule has 0 spiro atoms. The highest BCUT2D eigenvalue weighted by Gasteiger charge is 2.13. The van der Waals surface area contributed by atoms with Crippen LogP contribution < -0.4 is 10.9 Å². The number of nitro benzene ring substituents is 1. The Labute approximate surface area is 115 Å². The largest absolute Gasteiger partial charge is 0.383 e. The van der Waals surface area contributed by atoms with Gasteiger partial charge in [-0.15, -0.1) is 0 Å². The fourth-order valence-corrected chi connectivity index (χ4v) is 1.88. The molecule has 7 heteroatoms. The molecule has 0 saturated carbocycles. The Kier molecular flexibility index (Phi) is 3.79. The molecule has 0 fully saturated rings. The first kappa shape index (κ1) is 13.7. The summed E-state index contributed by atoms with van der Waals surface area (Å²) in [6, 6.07) is 7.78. The molecule has 2 aromatic rings. The van der Waals surface area contributed by atoms with Gasteiger partial charge in [0.2, 0.25) is 0 Å². The van der Waals surface area contributed by atoms with E-state index < -0.39 is 4.92 Å². The van der Waals surface area contributed by atoms with Gasteiger partial charge in [-0.3, -0.25) is 14.9 Å². The van der Waals surface area contributed by atoms with Gasteiger partial charge in [-0.05, 0) is 24.6 Å². The maximum Gasteiger partial charge on any atom is 0.292 e. The van der Waals surface area contributed by atoms with Gasteiger partial charge in [-0.25, -0.2) is 4.68 Å². The molecule has 7 nitrogen and oxygen atoms in total. The molecule has 0 bridgehead atoms. The maximum atomic E-state index is 11.7. The Morgan fingerprint density at radius 3 is 2.75 bits per heavy atom. The van der Waals surface area contributed by atoms with Gasteiger partial charge in [0.25, 0.3) is 11.2 Å². The van der Waals surface area contributed by atoms with E-state index in [0.29, 0.717) is 5.69 Å². The minimum Gasteiger partial charge on any atom is -0.383 e. The predicted octanol–water partition coefficient (Wildman–Crippen LogP) is 1.55. The molecule has 0 atom stereocenters. The minimum absolute atomic E-state index is 0.000739. The lowest BCUT2D eigenvalue weighted by Gasteiger charge is -2.08. The average Bonchev–Trinajstić information content (AvgIpc) is 2.42. The normalized spacial score (nSPS) is 10.3. The van der Waals surface area contributed by atoms with E-state index in [-0.39, 0.29) is 17.8 Å². The van der Waals surface area contributed by atoms with Crippen molar-refractivity contribution >= 4 is 11.4 Å². The molecule has 1 aromatic heterocycles. The van der Waals surface area contributed by atoms with Crippen LogP contribution in [-0.2, 0) is 6.54 Å². The lowest BCUT2D eigenvalue weighted by molar-refractivity contribution is -0.384. The molecule has 0 unspecified atom stereocenters. The van der Waals surface area contributed by atoms with E-state index in [9.17, 15) is 14.9 Å². The van der Waals surface area contributed by atoms with Crippen molar-refractivity contribution in [3.63, 3.8) is 0 Å². The monoisotopic (exact) mass is 274 g/mol. The van der Waals surface area contributed by atoms with Crippen molar-refractivity contribution in [2.24, 2.45) is 0 Å². The minimum atomic E-state index is -0.452.